The summed E-state index contributed by atoms with van der Waals surface area (Å²) >= 11 is 0. The van der Waals surface area contributed by atoms with Gasteiger partial charge in [0.15, 0.2) is 0 Å². The van der Waals surface area contributed by atoms with E-state index in [0.29, 0.717) is 19.6 Å². The Morgan fingerprint density at radius 3 is 2.44 bits per heavy atom. The molecule has 0 spiro atoms. The Morgan fingerprint density at radius 2 is 1.84 bits per heavy atom. The highest BCUT2D eigenvalue weighted by atomic mass is 16.5. The molecule has 2 rings (SSSR count). The Morgan fingerprint density at radius 1 is 1.12 bits per heavy atom. The van der Waals surface area contributed by atoms with Crippen LogP contribution in [0.15, 0.2) is 48.5 Å². The normalized spacial score (nSPS) is 13.1. The van der Waals surface area contributed by atoms with Gasteiger partial charge >= 0.3 is 5.97 Å². The maximum absolute atomic E-state index is 12.0. The quantitative estimate of drug-likeness (QED) is 0.731. The Hall–Kier alpha value is -2.33. The molecule has 4 heteroatoms. The largest absolute Gasteiger partial charge is 0.489 e. The molecule has 2 aromatic rings. The van der Waals surface area contributed by atoms with E-state index in [2.05, 4.69) is 0 Å². The minimum absolute atomic E-state index is 0.313. The van der Waals surface area contributed by atoms with E-state index in [1.807, 2.05) is 62.4 Å². The third kappa shape index (κ3) is 5.07. The van der Waals surface area contributed by atoms with E-state index in [9.17, 15) is 9.90 Å². The first kappa shape index (κ1) is 19.0. The molecule has 134 valence electrons. The highest BCUT2D eigenvalue weighted by Gasteiger charge is 2.28. The SMILES string of the molecule is CCOC(=O)C(CC)C(O)c1ccc(OCc2ccccc2)cc1C. The van der Waals surface area contributed by atoms with Crippen molar-refractivity contribution in [2.75, 3.05) is 6.61 Å². The molecule has 0 aromatic heterocycles. The fourth-order valence-corrected chi connectivity index (χ4v) is 2.80. The van der Waals surface area contributed by atoms with Crippen molar-refractivity contribution in [3.05, 3.63) is 65.2 Å². The summed E-state index contributed by atoms with van der Waals surface area (Å²) in [7, 11) is 0. The zero-order valence-corrected chi connectivity index (χ0v) is 15.1. The number of aliphatic hydroxyl groups is 1. The molecular formula is C21H26O4. The number of hydrogen-bond donors (Lipinski definition) is 1. The third-order valence-electron chi connectivity index (χ3n) is 4.22. The molecule has 4 nitrogen and oxygen atoms in total. The number of esters is 1. The first-order valence-corrected chi connectivity index (χ1v) is 8.68. The van der Waals surface area contributed by atoms with Gasteiger partial charge in [-0.3, -0.25) is 4.79 Å². The molecule has 0 bridgehead atoms. The zero-order chi connectivity index (χ0) is 18.2. The Kier molecular flexibility index (Phi) is 7.02. The summed E-state index contributed by atoms with van der Waals surface area (Å²) in [5, 5.41) is 10.6. The number of carbonyl (C=O) groups is 1. The van der Waals surface area contributed by atoms with Crippen LogP contribution in [0, 0.1) is 12.8 Å². The van der Waals surface area contributed by atoms with Gasteiger partial charge in [0.05, 0.1) is 18.6 Å². The molecule has 0 saturated heterocycles. The lowest BCUT2D eigenvalue weighted by Gasteiger charge is -2.22. The Bertz CT molecular complexity index is 682. The van der Waals surface area contributed by atoms with Crippen LogP contribution in [0.5, 0.6) is 5.75 Å². The van der Waals surface area contributed by atoms with Crippen LogP contribution in [-0.2, 0) is 16.1 Å². The van der Waals surface area contributed by atoms with Gasteiger partial charge in [0.1, 0.15) is 12.4 Å². The minimum Gasteiger partial charge on any atom is -0.489 e. The van der Waals surface area contributed by atoms with Crippen LogP contribution in [0.25, 0.3) is 0 Å². The summed E-state index contributed by atoms with van der Waals surface area (Å²) in [5.74, 6) is -0.183. The maximum Gasteiger partial charge on any atom is 0.311 e. The second-order valence-corrected chi connectivity index (χ2v) is 6.00. The van der Waals surface area contributed by atoms with E-state index >= 15 is 0 Å². The summed E-state index contributed by atoms with van der Waals surface area (Å²) in [4.78, 5) is 12.0. The van der Waals surface area contributed by atoms with Crippen LogP contribution in [0.3, 0.4) is 0 Å². The molecule has 0 radical (unpaired) electrons. The number of aliphatic hydroxyl groups excluding tert-OH is 1. The average Bonchev–Trinajstić information content (AvgIpc) is 2.61. The fourth-order valence-electron chi connectivity index (χ4n) is 2.80. The lowest BCUT2D eigenvalue weighted by atomic mass is 9.91. The van der Waals surface area contributed by atoms with Crippen molar-refractivity contribution in [1.82, 2.24) is 0 Å². The topological polar surface area (TPSA) is 55.8 Å². The summed E-state index contributed by atoms with van der Waals surface area (Å²) < 4.78 is 10.9. The molecule has 0 amide bonds. The number of rotatable bonds is 8. The zero-order valence-electron chi connectivity index (χ0n) is 15.1. The predicted molar refractivity (Wildman–Crippen MR) is 97.3 cm³/mol. The first-order chi connectivity index (χ1) is 12.1. The van der Waals surface area contributed by atoms with Gasteiger partial charge < -0.3 is 14.6 Å². The van der Waals surface area contributed by atoms with Crippen LogP contribution in [-0.4, -0.2) is 17.7 Å². The molecule has 25 heavy (non-hydrogen) atoms. The van der Waals surface area contributed by atoms with Gasteiger partial charge in [-0.05, 0) is 49.1 Å². The van der Waals surface area contributed by atoms with Crippen LogP contribution < -0.4 is 4.74 Å². The second-order valence-electron chi connectivity index (χ2n) is 6.00. The maximum atomic E-state index is 12.0. The van der Waals surface area contributed by atoms with Crippen molar-refractivity contribution in [3.8, 4) is 5.75 Å². The summed E-state index contributed by atoms with van der Waals surface area (Å²) in [6.07, 6.45) is -0.363. The molecule has 0 aliphatic rings. The van der Waals surface area contributed by atoms with Crippen LogP contribution in [0.4, 0.5) is 0 Å². The lowest BCUT2D eigenvalue weighted by molar-refractivity contribution is -0.152. The third-order valence-corrected chi connectivity index (χ3v) is 4.22. The monoisotopic (exact) mass is 342 g/mol. The van der Waals surface area contributed by atoms with Crippen molar-refractivity contribution >= 4 is 5.97 Å². The lowest BCUT2D eigenvalue weighted by Crippen LogP contribution is -2.24. The molecule has 0 aliphatic carbocycles. The predicted octanol–water partition coefficient (Wildman–Crippen LogP) is 4.20. The molecule has 0 fully saturated rings. The van der Waals surface area contributed by atoms with Crippen LogP contribution in [0.2, 0.25) is 0 Å². The van der Waals surface area contributed by atoms with Gasteiger partial charge in [-0.2, -0.15) is 0 Å². The van der Waals surface area contributed by atoms with E-state index in [4.69, 9.17) is 9.47 Å². The van der Waals surface area contributed by atoms with E-state index in [1.54, 1.807) is 6.92 Å². The Labute approximate surface area is 149 Å². The number of hydrogen-bond acceptors (Lipinski definition) is 4. The first-order valence-electron chi connectivity index (χ1n) is 8.68. The van der Waals surface area contributed by atoms with Crippen molar-refractivity contribution in [2.45, 2.75) is 39.9 Å². The van der Waals surface area contributed by atoms with Crippen LogP contribution in [0.1, 0.15) is 43.1 Å². The molecule has 0 heterocycles. The Balaban J connectivity index is 2.08. The smallest absolute Gasteiger partial charge is 0.311 e. The molecule has 2 aromatic carbocycles. The van der Waals surface area contributed by atoms with Crippen molar-refractivity contribution < 1.29 is 19.4 Å². The highest BCUT2D eigenvalue weighted by molar-refractivity contribution is 5.73. The average molecular weight is 342 g/mol. The molecule has 2 unspecified atom stereocenters. The molecule has 2 atom stereocenters. The number of aryl methyl sites for hydroxylation is 1. The highest BCUT2D eigenvalue weighted by Crippen LogP contribution is 2.30. The van der Waals surface area contributed by atoms with Gasteiger partial charge in [-0.25, -0.2) is 0 Å². The number of carbonyl (C=O) groups excluding carboxylic acids is 1. The minimum atomic E-state index is -0.882. The van der Waals surface area contributed by atoms with E-state index in [1.165, 1.54) is 0 Å². The summed E-state index contributed by atoms with van der Waals surface area (Å²) in [6, 6.07) is 15.5. The van der Waals surface area contributed by atoms with Crippen molar-refractivity contribution in [1.29, 1.82) is 0 Å². The number of ether oxygens (including phenoxy) is 2. The number of benzene rings is 2. The summed E-state index contributed by atoms with van der Waals surface area (Å²) in [6.45, 7) is 6.35. The molecule has 1 N–H and O–H groups in total. The van der Waals surface area contributed by atoms with Gasteiger partial charge in [0.2, 0.25) is 0 Å². The summed E-state index contributed by atoms with van der Waals surface area (Å²) in [5.41, 5.74) is 2.71. The van der Waals surface area contributed by atoms with E-state index < -0.39 is 12.0 Å². The molecule has 0 saturated carbocycles. The fraction of sp³-hybridized carbons (Fsp3) is 0.381. The van der Waals surface area contributed by atoms with E-state index in [-0.39, 0.29) is 5.97 Å². The van der Waals surface area contributed by atoms with Gasteiger partial charge in [-0.1, -0.05) is 43.3 Å². The van der Waals surface area contributed by atoms with Gasteiger partial charge in [0, 0.05) is 0 Å². The van der Waals surface area contributed by atoms with E-state index in [0.717, 1.165) is 22.4 Å². The van der Waals surface area contributed by atoms with Crippen molar-refractivity contribution in [3.63, 3.8) is 0 Å². The van der Waals surface area contributed by atoms with Gasteiger partial charge in [0.25, 0.3) is 0 Å². The standard InChI is InChI=1S/C21H26O4/c1-4-18(21(23)24-5-2)20(22)19-12-11-17(13-15(19)3)25-14-16-9-7-6-8-10-16/h6-13,18,20,22H,4-5,14H2,1-3H3. The molecule has 0 aliphatic heterocycles. The molecular weight excluding hydrogens is 316 g/mol. The second kappa shape index (κ2) is 9.23. The van der Waals surface area contributed by atoms with Crippen molar-refractivity contribution in [2.24, 2.45) is 5.92 Å². The van der Waals surface area contributed by atoms with Gasteiger partial charge in [-0.15, -0.1) is 0 Å². The van der Waals surface area contributed by atoms with Crippen LogP contribution >= 0.6 is 0 Å².